The maximum Gasteiger partial charge on any atom is 0.419 e. The third kappa shape index (κ3) is 2.71. The fourth-order valence-electron chi connectivity index (χ4n) is 2.71. The van der Waals surface area contributed by atoms with Crippen LogP contribution in [0.4, 0.5) is 0 Å². The van der Waals surface area contributed by atoms with Crippen molar-refractivity contribution in [2.75, 3.05) is 0 Å². The van der Waals surface area contributed by atoms with E-state index in [0.29, 0.717) is 0 Å². The number of rotatable bonds is 3. The van der Waals surface area contributed by atoms with E-state index in [-0.39, 0.29) is 0 Å². The average molecular weight is 301 g/mol. The first-order valence-electron chi connectivity index (χ1n) is 7.65. The van der Waals surface area contributed by atoms with E-state index in [0.717, 1.165) is 29.3 Å². The summed E-state index contributed by atoms with van der Waals surface area (Å²) >= 11 is 0. The van der Waals surface area contributed by atoms with Crippen molar-refractivity contribution >= 4 is 5.78 Å². The molecule has 0 aliphatic heterocycles. The molecule has 0 saturated carbocycles. The molecule has 4 nitrogen and oxygen atoms in total. The topological polar surface area (TPSA) is 34.8 Å². The van der Waals surface area contributed by atoms with E-state index in [2.05, 4.69) is 42.4 Å². The highest BCUT2D eigenvalue weighted by Crippen LogP contribution is 2.16. The molecule has 0 atom stereocenters. The molecule has 23 heavy (non-hydrogen) atoms. The van der Waals surface area contributed by atoms with E-state index >= 15 is 0 Å². The predicted octanol–water partition coefficient (Wildman–Crippen LogP) is 3.04. The van der Waals surface area contributed by atoms with Crippen molar-refractivity contribution in [1.29, 1.82) is 0 Å². The third-order valence-corrected chi connectivity index (χ3v) is 3.89. The Hall–Kier alpha value is -3.01. The van der Waals surface area contributed by atoms with E-state index in [1.165, 1.54) is 5.56 Å². The van der Waals surface area contributed by atoms with Gasteiger partial charge in [-0.25, -0.2) is 0 Å². The Morgan fingerprint density at radius 3 is 2.39 bits per heavy atom. The standard InChI is InChI=1S/C19H17N4/c1-15-12-18(17-10-6-3-7-11-17)20-19-21-22(14-23(15)19)13-16-8-4-2-5-9-16/h2-12,14H,13H2,1H3/q+1. The maximum atomic E-state index is 4.70. The summed E-state index contributed by atoms with van der Waals surface area (Å²) in [5, 5.41) is 4.62. The van der Waals surface area contributed by atoms with Crippen LogP contribution in [0, 0.1) is 6.92 Å². The van der Waals surface area contributed by atoms with Gasteiger partial charge in [0, 0.05) is 16.7 Å². The van der Waals surface area contributed by atoms with Crippen LogP contribution in [-0.4, -0.2) is 14.8 Å². The van der Waals surface area contributed by atoms with Gasteiger partial charge < -0.3 is 0 Å². The highest BCUT2D eigenvalue weighted by molar-refractivity contribution is 5.59. The molecule has 0 saturated heterocycles. The summed E-state index contributed by atoms with van der Waals surface area (Å²) in [7, 11) is 0. The van der Waals surface area contributed by atoms with Gasteiger partial charge in [0.15, 0.2) is 6.33 Å². The summed E-state index contributed by atoms with van der Waals surface area (Å²) in [5.41, 5.74) is 4.40. The molecule has 2 aromatic heterocycles. The largest absolute Gasteiger partial charge is 0.419 e. The number of fused-ring (bicyclic) bond motifs is 1. The first-order valence-corrected chi connectivity index (χ1v) is 7.65. The normalized spacial score (nSPS) is 11.0. The maximum absolute atomic E-state index is 4.70. The molecule has 0 amide bonds. The predicted molar refractivity (Wildman–Crippen MR) is 88.9 cm³/mol. The van der Waals surface area contributed by atoms with Gasteiger partial charge in [0.2, 0.25) is 0 Å². The summed E-state index contributed by atoms with van der Waals surface area (Å²) in [4.78, 5) is 4.70. The minimum Gasteiger partial charge on any atom is -0.195 e. The van der Waals surface area contributed by atoms with Gasteiger partial charge in [0.25, 0.3) is 0 Å². The first kappa shape index (κ1) is 13.6. The van der Waals surface area contributed by atoms with Crippen LogP contribution in [0.2, 0.25) is 0 Å². The second-order valence-corrected chi connectivity index (χ2v) is 5.62. The lowest BCUT2D eigenvalue weighted by Crippen LogP contribution is -2.24. The number of aromatic nitrogens is 4. The summed E-state index contributed by atoms with van der Waals surface area (Å²) in [6.07, 6.45) is 2.00. The van der Waals surface area contributed by atoms with Gasteiger partial charge in [-0.05, 0) is 12.5 Å². The van der Waals surface area contributed by atoms with Crippen LogP contribution < -0.4 is 4.40 Å². The minimum absolute atomic E-state index is 0.722. The Kier molecular flexibility index (Phi) is 3.35. The molecule has 0 N–H and O–H groups in total. The zero-order valence-corrected chi connectivity index (χ0v) is 12.9. The summed E-state index contributed by atoms with van der Waals surface area (Å²) < 4.78 is 3.95. The number of hydrogen-bond acceptors (Lipinski definition) is 2. The Bertz CT molecular complexity index is 943. The second kappa shape index (κ2) is 5.65. The second-order valence-electron chi connectivity index (χ2n) is 5.62. The molecule has 2 heterocycles. The molecule has 112 valence electrons. The Morgan fingerprint density at radius 2 is 1.65 bits per heavy atom. The van der Waals surface area contributed by atoms with Gasteiger partial charge in [-0.1, -0.05) is 60.7 Å². The summed E-state index contributed by atoms with van der Waals surface area (Å²) in [5.74, 6) is 0.722. The molecule has 0 radical (unpaired) electrons. The zero-order valence-electron chi connectivity index (χ0n) is 12.9. The van der Waals surface area contributed by atoms with Gasteiger partial charge in [-0.3, -0.25) is 0 Å². The Labute approximate surface area is 134 Å². The smallest absolute Gasteiger partial charge is 0.195 e. The van der Waals surface area contributed by atoms with Crippen LogP contribution in [0.1, 0.15) is 11.3 Å². The SMILES string of the molecule is Cc1cc(-c2ccccc2)nc2nn(Cc3ccccc3)c[n+]12. The minimum atomic E-state index is 0.722. The molecule has 2 aromatic carbocycles. The van der Waals surface area contributed by atoms with Crippen LogP contribution in [0.5, 0.6) is 0 Å². The van der Waals surface area contributed by atoms with Crippen LogP contribution in [0.15, 0.2) is 73.1 Å². The molecule has 0 spiro atoms. The molecular weight excluding hydrogens is 284 g/mol. The molecule has 0 fully saturated rings. The van der Waals surface area contributed by atoms with Crippen LogP contribution in [0.3, 0.4) is 0 Å². The fraction of sp³-hybridized carbons (Fsp3) is 0.105. The first-order chi connectivity index (χ1) is 11.3. The van der Waals surface area contributed by atoms with Gasteiger partial charge in [0.05, 0.1) is 5.69 Å². The van der Waals surface area contributed by atoms with Gasteiger partial charge >= 0.3 is 5.78 Å². The van der Waals surface area contributed by atoms with Crippen molar-refractivity contribution in [3.05, 3.63) is 84.3 Å². The molecule has 0 bridgehead atoms. The lowest BCUT2D eigenvalue weighted by molar-refractivity contribution is -0.523. The Balaban J connectivity index is 1.75. The van der Waals surface area contributed by atoms with E-state index in [4.69, 9.17) is 4.98 Å². The molecular formula is C19H17N4+. The van der Waals surface area contributed by atoms with Crippen molar-refractivity contribution in [1.82, 2.24) is 14.8 Å². The van der Waals surface area contributed by atoms with Crippen molar-refractivity contribution in [2.24, 2.45) is 0 Å². The lowest BCUT2D eigenvalue weighted by Gasteiger charge is -1.98. The van der Waals surface area contributed by atoms with E-state index in [9.17, 15) is 0 Å². The average Bonchev–Trinajstić information content (AvgIpc) is 2.99. The molecule has 4 heteroatoms. The molecule has 4 rings (SSSR count). The van der Waals surface area contributed by atoms with Crippen molar-refractivity contribution < 1.29 is 4.40 Å². The molecule has 4 aromatic rings. The molecule has 0 aliphatic rings. The lowest BCUT2D eigenvalue weighted by atomic mass is 10.1. The summed E-state index contributed by atoms with van der Waals surface area (Å²) in [6, 6.07) is 22.6. The number of aryl methyl sites for hydroxylation is 1. The monoisotopic (exact) mass is 301 g/mol. The highest BCUT2D eigenvalue weighted by atomic mass is 15.4. The van der Waals surface area contributed by atoms with Crippen LogP contribution in [0.25, 0.3) is 17.0 Å². The quantitative estimate of drug-likeness (QED) is 0.545. The van der Waals surface area contributed by atoms with Crippen molar-refractivity contribution in [3.8, 4) is 11.3 Å². The van der Waals surface area contributed by atoms with E-state index < -0.39 is 0 Å². The highest BCUT2D eigenvalue weighted by Gasteiger charge is 2.15. The van der Waals surface area contributed by atoms with E-state index in [1.807, 2.05) is 51.8 Å². The zero-order chi connectivity index (χ0) is 15.6. The van der Waals surface area contributed by atoms with Gasteiger partial charge in [0.1, 0.15) is 12.2 Å². The van der Waals surface area contributed by atoms with Gasteiger partial charge in [-0.15, -0.1) is 9.67 Å². The Morgan fingerprint density at radius 1 is 0.957 bits per heavy atom. The number of hydrogen-bond donors (Lipinski definition) is 0. The number of nitrogens with zero attached hydrogens (tertiary/aromatic N) is 4. The van der Waals surface area contributed by atoms with E-state index in [1.54, 1.807) is 0 Å². The van der Waals surface area contributed by atoms with Crippen molar-refractivity contribution in [3.63, 3.8) is 0 Å². The fourth-order valence-corrected chi connectivity index (χ4v) is 2.71. The molecule has 0 unspecified atom stereocenters. The van der Waals surface area contributed by atoms with Gasteiger partial charge in [-0.2, -0.15) is 4.40 Å². The van der Waals surface area contributed by atoms with Crippen molar-refractivity contribution in [2.45, 2.75) is 13.5 Å². The number of benzene rings is 2. The third-order valence-electron chi connectivity index (χ3n) is 3.89. The summed E-state index contributed by atoms with van der Waals surface area (Å²) in [6.45, 7) is 2.82. The molecule has 0 aliphatic carbocycles. The van der Waals surface area contributed by atoms with Crippen LogP contribution in [-0.2, 0) is 6.54 Å². The van der Waals surface area contributed by atoms with Crippen LogP contribution >= 0.6 is 0 Å².